The number of aliphatic hydroxyl groups is 5. The van der Waals surface area contributed by atoms with Gasteiger partial charge in [0.2, 0.25) is 12.2 Å². The smallest absolute Gasteiger partial charge is 0.504 e. The minimum atomic E-state index is -2.94. The van der Waals surface area contributed by atoms with Gasteiger partial charge in [0.05, 0.1) is 6.04 Å². The van der Waals surface area contributed by atoms with Crippen LogP contribution in [-0.2, 0) is 4.79 Å². The van der Waals surface area contributed by atoms with Gasteiger partial charge in [0.15, 0.2) is 11.5 Å². The fourth-order valence-electron chi connectivity index (χ4n) is 2.98. The zero-order chi connectivity index (χ0) is 18.5. The third kappa shape index (κ3) is 2.79. The van der Waals surface area contributed by atoms with Crippen molar-refractivity contribution in [1.29, 1.82) is 0 Å². The quantitative estimate of drug-likeness (QED) is 0.232. The number of amides is 1. The molecule has 136 valence electrons. The monoisotopic (exact) mass is 355 g/mol. The number of hydrogen-bond acceptors (Lipinski definition) is 9. The van der Waals surface area contributed by atoms with Crippen molar-refractivity contribution in [3.63, 3.8) is 0 Å². The molecule has 1 heterocycles. The maximum Gasteiger partial charge on any atom is 0.505 e. The SMILES string of the molecule is Cc1c(C2=C[C@H](O)C(O)C(O)[C@@H]2NC=O)cc2c(c1O)OC(O)(O)O2. The Morgan fingerprint density at radius 1 is 1.20 bits per heavy atom. The normalized spacial score (nSPS) is 29.9. The van der Waals surface area contributed by atoms with E-state index in [9.17, 15) is 35.4 Å². The lowest BCUT2D eigenvalue weighted by Gasteiger charge is -2.35. The number of aromatic hydroxyl groups is 1. The molecule has 4 atom stereocenters. The third-order valence-electron chi connectivity index (χ3n) is 4.24. The molecule has 2 unspecified atom stereocenters. The molecule has 0 saturated carbocycles. The highest BCUT2D eigenvalue weighted by molar-refractivity contribution is 5.80. The molecule has 0 spiro atoms. The number of benzene rings is 1. The summed E-state index contributed by atoms with van der Waals surface area (Å²) in [4.78, 5) is 10.9. The second-order valence-electron chi connectivity index (χ2n) is 5.83. The summed E-state index contributed by atoms with van der Waals surface area (Å²) in [5.41, 5.74) is 0.645. The van der Waals surface area contributed by atoms with Gasteiger partial charge in [-0.1, -0.05) is 0 Å². The molecule has 1 aromatic carbocycles. The molecule has 7 N–H and O–H groups in total. The second kappa shape index (κ2) is 5.86. The number of carbonyl (C=O) groups is 1. The van der Waals surface area contributed by atoms with Crippen LogP contribution in [0.5, 0.6) is 17.2 Å². The Balaban J connectivity index is 2.14. The standard InChI is InChI=1S/C15H17NO9/c1-5-6(3-9-14(11(5)19)25-15(22,23)24-9)7-2-8(18)12(20)13(21)10(7)16-4-17/h2-4,8,10,12-13,18-23H,1H3,(H,16,17)/t8-,10+,12?,13?/m0/s1. The van der Waals surface area contributed by atoms with E-state index in [4.69, 9.17) is 9.47 Å². The van der Waals surface area contributed by atoms with Crippen LogP contribution in [0.1, 0.15) is 11.1 Å². The molecule has 1 aliphatic carbocycles. The van der Waals surface area contributed by atoms with Crippen LogP contribution >= 0.6 is 0 Å². The van der Waals surface area contributed by atoms with Crippen molar-refractivity contribution in [1.82, 2.24) is 5.32 Å². The molecule has 0 radical (unpaired) electrons. The van der Waals surface area contributed by atoms with Crippen LogP contribution in [0.2, 0.25) is 0 Å². The van der Waals surface area contributed by atoms with E-state index in [0.717, 1.165) is 0 Å². The average molecular weight is 355 g/mol. The Labute approximate surface area is 141 Å². The Hall–Kier alpha value is -2.37. The predicted molar refractivity (Wildman–Crippen MR) is 80.3 cm³/mol. The van der Waals surface area contributed by atoms with Gasteiger partial charge in [-0.2, -0.15) is 0 Å². The number of ether oxygens (including phenoxy) is 2. The van der Waals surface area contributed by atoms with Crippen LogP contribution < -0.4 is 14.8 Å². The average Bonchev–Trinajstić information content (AvgIpc) is 2.86. The summed E-state index contributed by atoms with van der Waals surface area (Å²) in [6.45, 7) is 1.48. The number of phenolic OH excluding ortho intramolecular Hbond substituents is 1. The molecule has 1 amide bonds. The van der Waals surface area contributed by atoms with Gasteiger partial charge in [0, 0.05) is 5.56 Å². The summed E-state index contributed by atoms with van der Waals surface area (Å²) in [5.74, 6) is -0.925. The van der Waals surface area contributed by atoms with E-state index in [-0.39, 0.29) is 28.2 Å². The van der Waals surface area contributed by atoms with E-state index in [2.05, 4.69) is 5.32 Å². The zero-order valence-electron chi connectivity index (χ0n) is 12.9. The fraction of sp³-hybridized carbons (Fsp3) is 0.400. The van der Waals surface area contributed by atoms with Crippen molar-refractivity contribution >= 4 is 12.0 Å². The van der Waals surface area contributed by atoms with Gasteiger partial charge in [-0.05, 0) is 30.2 Å². The van der Waals surface area contributed by atoms with Crippen molar-refractivity contribution < 1.29 is 44.9 Å². The summed E-state index contributed by atoms with van der Waals surface area (Å²) in [7, 11) is 0. The fourth-order valence-corrected chi connectivity index (χ4v) is 2.98. The molecule has 0 saturated heterocycles. The topological polar surface area (TPSA) is 169 Å². The van der Waals surface area contributed by atoms with Crippen molar-refractivity contribution in [2.75, 3.05) is 0 Å². The van der Waals surface area contributed by atoms with E-state index in [1.807, 2.05) is 0 Å². The van der Waals surface area contributed by atoms with Crippen LogP contribution in [0.15, 0.2) is 12.1 Å². The van der Waals surface area contributed by atoms with Crippen LogP contribution in [0, 0.1) is 6.92 Å². The highest BCUT2D eigenvalue weighted by Gasteiger charge is 2.43. The lowest BCUT2D eigenvalue weighted by atomic mass is 9.82. The second-order valence-corrected chi connectivity index (χ2v) is 5.83. The molecule has 0 aromatic heterocycles. The van der Waals surface area contributed by atoms with Crippen molar-refractivity contribution in [2.45, 2.75) is 37.4 Å². The first-order valence-electron chi connectivity index (χ1n) is 7.31. The third-order valence-corrected chi connectivity index (χ3v) is 4.24. The zero-order valence-corrected chi connectivity index (χ0v) is 12.9. The molecule has 0 bridgehead atoms. The predicted octanol–water partition coefficient (Wildman–Crippen LogP) is -2.34. The maximum absolute atomic E-state index is 10.9. The minimum Gasteiger partial charge on any atom is -0.504 e. The molecule has 3 rings (SSSR count). The molecule has 2 aliphatic rings. The number of carbonyl (C=O) groups excluding carboxylic acids is 1. The summed E-state index contributed by atoms with van der Waals surface area (Å²) in [5, 5.41) is 61.2. The lowest BCUT2D eigenvalue weighted by molar-refractivity contribution is -0.385. The summed E-state index contributed by atoms with van der Waals surface area (Å²) >= 11 is 0. The van der Waals surface area contributed by atoms with Crippen molar-refractivity contribution in [2.24, 2.45) is 0 Å². The van der Waals surface area contributed by atoms with Gasteiger partial charge in [0.1, 0.15) is 18.3 Å². The number of hydrogen-bond donors (Lipinski definition) is 7. The van der Waals surface area contributed by atoms with Crippen molar-refractivity contribution in [3.8, 4) is 17.2 Å². The molecule has 1 aromatic rings. The molecule has 10 heteroatoms. The van der Waals surface area contributed by atoms with Gasteiger partial charge < -0.3 is 35.2 Å². The van der Waals surface area contributed by atoms with E-state index in [1.165, 1.54) is 19.1 Å². The van der Waals surface area contributed by atoms with Crippen LogP contribution in [0.4, 0.5) is 0 Å². The van der Waals surface area contributed by atoms with E-state index < -0.39 is 36.3 Å². The minimum absolute atomic E-state index is 0.191. The Bertz CT molecular complexity index is 745. The summed E-state index contributed by atoms with van der Waals surface area (Å²) < 4.78 is 9.46. The Morgan fingerprint density at radius 3 is 2.52 bits per heavy atom. The molecule has 10 nitrogen and oxygen atoms in total. The van der Waals surface area contributed by atoms with Crippen LogP contribution in [0.3, 0.4) is 0 Å². The van der Waals surface area contributed by atoms with E-state index in [0.29, 0.717) is 6.41 Å². The summed E-state index contributed by atoms with van der Waals surface area (Å²) in [6, 6.07) is 0.212. The first kappa shape index (κ1) is 17.5. The van der Waals surface area contributed by atoms with E-state index >= 15 is 0 Å². The number of phenols is 1. The van der Waals surface area contributed by atoms with Gasteiger partial charge in [0.25, 0.3) is 0 Å². The van der Waals surface area contributed by atoms with Crippen LogP contribution in [0.25, 0.3) is 5.57 Å². The maximum atomic E-state index is 10.9. The van der Waals surface area contributed by atoms with Gasteiger partial charge in [-0.15, -0.1) is 0 Å². The number of nitrogens with one attached hydrogen (secondary N) is 1. The van der Waals surface area contributed by atoms with Gasteiger partial charge in [-0.25, -0.2) is 0 Å². The Kier molecular flexibility index (Phi) is 4.09. The molecular weight excluding hydrogens is 338 g/mol. The highest BCUT2D eigenvalue weighted by atomic mass is 17.0. The molecule has 25 heavy (non-hydrogen) atoms. The number of rotatable bonds is 3. The molecular formula is C15H17NO9. The number of aliphatic hydroxyl groups excluding tert-OH is 3. The largest absolute Gasteiger partial charge is 0.505 e. The van der Waals surface area contributed by atoms with Crippen LogP contribution in [-0.4, -0.2) is 67.6 Å². The van der Waals surface area contributed by atoms with Gasteiger partial charge >= 0.3 is 6.16 Å². The summed E-state index contributed by atoms with van der Waals surface area (Å²) in [6.07, 6.45) is -5.86. The first-order valence-corrected chi connectivity index (χ1v) is 7.31. The van der Waals surface area contributed by atoms with Crippen molar-refractivity contribution in [3.05, 3.63) is 23.3 Å². The van der Waals surface area contributed by atoms with Gasteiger partial charge in [-0.3, -0.25) is 15.0 Å². The lowest BCUT2D eigenvalue weighted by Crippen LogP contribution is -2.53. The highest BCUT2D eigenvalue weighted by Crippen LogP contribution is 2.49. The first-order chi connectivity index (χ1) is 11.7. The Morgan fingerprint density at radius 2 is 1.88 bits per heavy atom. The van der Waals surface area contributed by atoms with E-state index in [1.54, 1.807) is 0 Å². The number of fused-ring (bicyclic) bond motifs is 1. The molecule has 1 aliphatic heterocycles. The molecule has 0 fully saturated rings.